The first-order valence-corrected chi connectivity index (χ1v) is 6.64. The summed E-state index contributed by atoms with van der Waals surface area (Å²) in [6.07, 6.45) is 1.38. The minimum absolute atomic E-state index is 0.321. The molecular weight excluding hydrogens is 269 g/mol. The highest BCUT2D eigenvalue weighted by atomic mass is 19.1. The second-order valence-corrected chi connectivity index (χ2v) is 4.77. The van der Waals surface area contributed by atoms with Gasteiger partial charge in [0.05, 0.1) is 0 Å². The summed E-state index contributed by atoms with van der Waals surface area (Å²) in [7, 11) is 0. The molecule has 4 nitrogen and oxygen atoms in total. The van der Waals surface area contributed by atoms with Gasteiger partial charge in [0.15, 0.2) is 0 Å². The van der Waals surface area contributed by atoms with Crippen LogP contribution in [-0.2, 0) is 12.8 Å². The first-order valence-electron chi connectivity index (χ1n) is 6.64. The lowest BCUT2D eigenvalue weighted by Gasteiger charge is -1.99. The number of hydrogen-bond donors (Lipinski definition) is 1. The number of nitrogens with two attached hydrogens (primary N) is 1. The van der Waals surface area contributed by atoms with Crippen LogP contribution in [0.2, 0.25) is 0 Å². The molecule has 0 bridgehead atoms. The van der Waals surface area contributed by atoms with Crippen molar-refractivity contribution in [3.63, 3.8) is 0 Å². The van der Waals surface area contributed by atoms with Crippen molar-refractivity contribution in [3.05, 3.63) is 65.8 Å². The predicted octanol–water partition coefficient (Wildman–Crippen LogP) is 3.24. The molecule has 0 aliphatic heterocycles. The molecule has 0 aliphatic rings. The number of halogens is 1. The van der Waals surface area contributed by atoms with Gasteiger partial charge >= 0.3 is 0 Å². The van der Waals surface area contributed by atoms with E-state index in [1.165, 1.54) is 12.1 Å². The Hall–Kier alpha value is -2.69. The lowest BCUT2D eigenvalue weighted by atomic mass is 10.1. The average Bonchev–Trinajstić information content (AvgIpc) is 2.94. The van der Waals surface area contributed by atoms with E-state index in [9.17, 15) is 4.39 Å². The van der Waals surface area contributed by atoms with E-state index in [0.717, 1.165) is 17.7 Å². The Morgan fingerprint density at radius 1 is 1.05 bits per heavy atom. The van der Waals surface area contributed by atoms with E-state index in [4.69, 9.17) is 10.3 Å². The van der Waals surface area contributed by atoms with E-state index in [0.29, 0.717) is 23.7 Å². The minimum Gasteiger partial charge on any atom is -0.399 e. The van der Waals surface area contributed by atoms with Crippen molar-refractivity contribution in [2.75, 3.05) is 5.73 Å². The Balaban J connectivity index is 1.71. The van der Waals surface area contributed by atoms with Crippen LogP contribution >= 0.6 is 0 Å². The third kappa shape index (κ3) is 3.25. The van der Waals surface area contributed by atoms with Gasteiger partial charge in [0.1, 0.15) is 5.82 Å². The van der Waals surface area contributed by atoms with Gasteiger partial charge in [0.2, 0.25) is 11.7 Å². The van der Waals surface area contributed by atoms with E-state index in [2.05, 4.69) is 10.1 Å². The van der Waals surface area contributed by atoms with Crippen LogP contribution in [0.3, 0.4) is 0 Å². The maximum Gasteiger partial charge on any atom is 0.227 e. The van der Waals surface area contributed by atoms with Crippen molar-refractivity contribution < 1.29 is 8.91 Å². The molecule has 2 aromatic carbocycles. The van der Waals surface area contributed by atoms with Gasteiger partial charge in [-0.25, -0.2) is 4.39 Å². The van der Waals surface area contributed by atoms with Crippen molar-refractivity contribution in [2.24, 2.45) is 0 Å². The second kappa shape index (κ2) is 5.75. The zero-order chi connectivity index (χ0) is 14.7. The first-order chi connectivity index (χ1) is 10.2. The fraction of sp³-hybridized carbons (Fsp3) is 0.125. The lowest BCUT2D eigenvalue weighted by molar-refractivity contribution is 0.379. The van der Waals surface area contributed by atoms with Gasteiger partial charge in [0, 0.05) is 17.7 Å². The fourth-order valence-electron chi connectivity index (χ4n) is 2.10. The molecule has 1 heterocycles. The Morgan fingerprint density at radius 2 is 1.90 bits per heavy atom. The van der Waals surface area contributed by atoms with Crippen LogP contribution in [0.15, 0.2) is 53.1 Å². The number of benzene rings is 2. The van der Waals surface area contributed by atoms with Crippen LogP contribution < -0.4 is 5.73 Å². The molecule has 0 aliphatic carbocycles. The number of anilines is 1. The summed E-state index contributed by atoms with van der Waals surface area (Å²) in [5.74, 6) is 0.604. The SMILES string of the molecule is Nc1cccc(CCc2nc(-c3cccc(F)c3)no2)c1. The maximum atomic E-state index is 13.2. The highest BCUT2D eigenvalue weighted by Gasteiger charge is 2.09. The summed E-state index contributed by atoms with van der Waals surface area (Å²) >= 11 is 0. The monoisotopic (exact) mass is 283 g/mol. The van der Waals surface area contributed by atoms with E-state index < -0.39 is 0 Å². The molecule has 2 N–H and O–H groups in total. The summed E-state index contributed by atoms with van der Waals surface area (Å²) in [5.41, 5.74) is 8.19. The normalized spacial score (nSPS) is 10.7. The van der Waals surface area contributed by atoms with Gasteiger partial charge in [-0.3, -0.25) is 0 Å². The largest absolute Gasteiger partial charge is 0.399 e. The number of nitrogen functional groups attached to an aromatic ring is 1. The minimum atomic E-state index is -0.321. The quantitative estimate of drug-likeness (QED) is 0.746. The van der Waals surface area contributed by atoms with Gasteiger partial charge in [-0.2, -0.15) is 4.98 Å². The van der Waals surface area contributed by atoms with Gasteiger partial charge in [-0.1, -0.05) is 29.4 Å². The van der Waals surface area contributed by atoms with Crippen molar-refractivity contribution >= 4 is 5.69 Å². The molecule has 0 radical (unpaired) electrons. The summed E-state index contributed by atoms with van der Waals surface area (Å²) in [6, 6.07) is 13.8. The Morgan fingerprint density at radius 3 is 2.71 bits per heavy atom. The molecule has 0 fully saturated rings. The average molecular weight is 283 g/mol. The van der Waals surface area contributed by atoms with Crippen LogP contribution in [-0.4, -0.2) is 10.1 Å². The first kappa shape index (κ1) is 13.3. The van der Waals surface area contributed by atoms with Crippen molar-refractivity contribution in [3.8, 4) is 11.4 Å². The number of hydrogen-bond acceptors (Lipinski definition) is 4. The summed E-state index contributed by atoms with van der Waals surface area (Å²) in [4.78, 5) is 4.28. The van der Waals surface area contributed by atoms with Gasteiger partial charge in [0.25, 0.3) is 0 Å². The Labute approximate surface area is 121 Å². The van der Waals surface area contributed by atoms with Crippen LogP contribution in [0.5, 0.6) is 0 Å². The van der Waals surface area contributed by atoms with Crippen LogP contribution in [0.4, 0.5) is 10.1 Å². The topological polar surface area (TPSA) is 64.9 Å². The van der Waals surface area contributed by atoms with Gasteiger partial charge in [-0.05, 0) is 36.2 Å². The predicted molar refractivity (Wildman–Crippen MR) is 78.0 cm³/mol. The number of aromatic nitrogens is 2. The van der Waals surface area contributed by atoms with Crippen LogP contribution in [0.1, 0.15) is 11.5 Å². The lowest BCUT2D eigenvalue weighted by Crippen LogP contribution is -1.93. The molecule has 0 saturated heterocycles. The molecule has 0 spiro atoms. The zero-order valence-electron chi connectivity index (χ0n) is 11.3. The molecule has 0 unspecified atom stereocenters. The molecule has 0 saturated carbocycles. The molecule has 21 heavy (non-hydrogen) atoms. The summed E-state index contributed by atoms with van der Waals surface area (Å²) in [6.45, 7) is 0. The number of rotatable bonds is 4. The maximum absolute atomic E-state index is 13.2. The highest BCUT2D eigenvalue weighted by Crippen LogP contribution is 2.17. The molecule has 106 valence electrons. The molecule has 3 aromatic rings. The second-order valence-electron chi connectivity index (χ2n) is 4.77. The fourth-order valence-corrected chi connectivity index (χ4v) is 2.10. The Kier molecular flexibility index (Phi) is 3.64. The summed E-state index contributed by atoms with van der Waals surface area (Å²) in [5, 5.41) is 3.88. The Bertz CT molecular complexity index is 755. The highest BCUT2D eigenvalue weighted by molar-refractivity contribution is 5.53. The zero-order valence-corrected chi connectivity index (χ0v) is 11.3. The van der Waals surface area contributed by atoms with E-state index in [1.807, 2.05) is 24.3 Å². The smallest absolute Gasteiger partial charge is 0.227 e. The molecular formula is C16H14FN3O. The van der Waals surface area contributed by atoms with Crippen molar-refractivity contribution in [1.29, 1.82) is 0 Å². The van der Waals surface area contributed by atoms with E-state index >= 15 is 0 Å². The summed E-state index contributed by atoms with van der Waals surface area (Å²) < 4.78 is 18.4. The molecule has 0 amide bonds. The van der Waals surface area contributed by atoms with E-state index in [1.54, 1.807) is 12.1 Å². The van der Waals surface area contributed by atoms with E-state index in [-0.39, 0.29) is 5.82 Å². The third-order valence-corrected chi connectivity index (χ3v) is 3.13. The van der Waals surface area contributed by atoms with Crippen molar-refractivity contribution in [2.45, 2.75) is 12.8 Å². The van der Waals surface area contributed by atoms with Gasteiger partial charge < -0.3 is 10.3 Å². The van der Waals surface area contributed by atoms with Crippen molar-refractivity contribution in [1.82, 2.24) is 10.1 Å². The standard InChI is InChI=1S/C16H14FN3O/c17-13-5-2-4-12(10-13)16-19-15(21-20-16)8-7-11-3-1-6-14(18)9-11/h1-6,9-10H,7-8,18H2. The molecule has 1 aromatic heterocycles. The third-order valence-electron chi connectivity index (χ3n) is 3.13. The van der Waals surface area contributed by atoms with Crippen LogP contribution in [0, 0.1) is 5.82 Å². The number of nitrogens with zero attached hydrogens (tertiary/aromatic N) is 2. The molecule has 5 heteroatoms. The molecule has 0 atom stereocenters. The van der Waals surface area contributed by atoms with Gasteiger partial charge in [-0.15, -0.1) is 0 Å². The number of aryl methyl sites for hydroxylation is 2. The van der Waals surface area contributed by atoms with Crippen LogP contribution in [0.25, 0.3) is 11.4 Å². The molecule has 3 rings (SSSR count).